The molecular formula is C10H17NO2. The predicted molar refractivity (Wildman–Crippen MR) is 49.4 cm³/mol. The van der Waals surface area contributed by atoms with Gasteiger partial charge in [0.15, 0.2) is 0 Å². The van der Waals surface area contributed by atoms with E-state index in [0.717, 1.165) is 25.7 Å². The van der Waals surface area contributed by atoms with Crippen LogP contribution in [0.5, 0.6) is 0 Å². The Balaban J connectivity index is 2.20. The van der Waals surface area contributed by atoms with Crippen molar-refractivity contribution in [3.8, 4) is 0 Å². The van der Waals surface area contributed by atoms with E-state index < -0.39 is 5.60 Å². The Bertz CT molecular complexity index is 229. The minimum absolute atomic E-state index is 0.101. The van der Waals surface area contributed by atoms with E-state index in [0.29, 0.717) is 6.54 Å². The summed E-state index contributed by atoms with van der Waals surface area (Å²) >= 11 is 0. The van der Waals surface area contributed by atoms with Gasteiger partial charge < -0.3 is 10.1 Å². The van der Waals surface area contributed by atoms with Gasteiger partial charge >= 0.3 is 0 Å². The van der Waals surface area contributed by atoms with Crippen molar-refractivity contribution in [1.82, 2.24) is 5.32 Å². The highest BCUT2D eigenvalue weighted by Gasteiger charge is 2.49. The van der Waals surface area contributed by atoms with Gasteiger partial charge in [-0.3, -0.25) is 4.79 Å². The summed E-state index contributed by atoms with van der Waals surface area (Å²) in [5.41, 5.74) is -0.681. The van der Waals surface area contributed by atoms with E-state index in [4.69, 9.17) is 4.74 Å². The van der Waals surface area contributed by atoms with E-state index in [9.17, 15) is 4.79 Å². The molecule has 1 aliphatic heterocycles. The molecule has 2 aliphatic rings. The van der Waals surface area contributed by atoms with Crippen LogP contribution in [-0.2, 0) is 9.53 Å². The van der Waals surface area contributed by atoms with E-state index in [1.54, 1.807) is 0 Å². The SMILES string of the molecule is CC1(C)CNC(=O)C2(CCCC2)O1. The maximum atomic E-state index is 11.7. The van der Waals surface area contributed by atoms with Gasteiger partial charge in [-0.25, -0.2) is 0 Å². The second-order valence-corrected chi connectivity index (χ2v) is 4.75. The molecule has 1 spiro atoms. The van der Waals surface area contributed by atoms with Crippen molar-refractivity contribution in [3.05, 3.63) is 0 Å². The van der Waals surface area contributed by atoms with Crippen LogP contribution in [0.2, 0.25) is 0 Å². The van der Waals surface area contributed by atoms with Gasteiger partial charge in [-0.15, -0.1) is 0 Å². The number of morpholine rings is 1. The first-order valence-corrected chi connectivity index (χ1v) is 5.03. The molecule has 2 fully saturated rings. The molecule has 0 aromatic carbocycles. The maximum absolute atomic E-state index is 11.7. The summed E-state index contributed by atoms with van der Waals surface area (Å²) < 4.78 is 5.92. The third kappa shape index (κ3) is 1.46. The summed E-state index contributed by atoms with van der Waals surface area (Å²) in [6, 6.07) is 0. The van der Waals surface area contributed by atoms with Crippen LogP contribution < -0.4 is 5.32 Å². The molecule has 0 atom stereocenters. The van der Waals surface area contributed by atoms with Gasteiger partial charge in [-0.2, -0.15) is 0 Å². The molecule has 0 bridgehead atoms. The number of amides is 1. The molecule has 3 heteroatoms. The fourth-order valence-corrected chi connectivity index (χ4v) is 2.34. The number of rotatable bonds is 0. The Hall–Kier alpha value is -0.570. The van der Waals surface area contributed by atoms with Crippen molar-refractivity contribution < 1.29 is 9.53 Å². The molecule has 1 amide bonds. The van der Waals surface area contributed by atoms with Gasteiger partial charge in [0.05, 0.1) is 5.60 Å². The summed E-state index contributed by atoms with van der Waals surface area (Å²) in [7, 11) is 0. The van der Waals surface area contributed by atoms with Gasteiger partial charge in [-0.1, -0.05) is 0 Å². The lowest BCUT2D eigenvalue weighted by atomic mass is 9.95. The van der Waals surface area contributed by atoms with Crippen molar-refractivity contribution >= 4 is 5.91 Å². The fourth-order valence-electron chi connectivity index (χ4n) is 2.34. The smallest absolute Gasteiger partial charge is 0.252 e. The Labute approximate surface area is 78.8 Å². The monoisotopic (exact) mass is 183 g/mol. The van der Waals surface area contributed by atoms with Crippen LogP contribution in [0.3, 0.4) is 0 Å². The van der Waals surface area contributed by atoms with E-state index in [2.05, 4.69) is 5.32 Å². The zero-order valence-electron chi connectivity index (χ0n) is 8.35. The standard InChI is InChI=1S/C10H17NO2/c1-9(2)7-11-8(12)10(13-9)5-3-4-6-10/h3-7H2,1-2H3,(H,11,12). The fraction of sp³-hybridized carbons (Fsp3) is 0.900. The van der Waals surface area contributed by atoms with Crippen molar-refractivity contribution in [1.29, 1.82) is 0 Å². The Morgan fingerprint density at radius 3 is 2.54 bits per heavy atom. The number of nitrogens with one attached hydrogen (secondary N) is 1. The molecule has 2 rings (SSSR count). The molecule has 0 aromatic heterocycles. The Morgan fingerprint density at radius 1 is 1.31 bits per heavy atom. The van der Waals surface area contributed by atoms with Crippen LogP contribution >= 0.6 is 0 Å². The quantitative estimate of drug-likeness (QED) is 0.613. The second kappa shape index (κ2) is 2.71. The normalized spacial score (nSPS) is 30.5. The van der Waals surface area contributed by atoms with Crippen LogP contribution in [0.1, 0.15) is 39.5 Å². The Morgan fingerprint density at radius 2 is 1.92 bits per heavy atom. The van der Waals surface area contributed by atoms with E-state index in [1.165, 1.54) is 0 Å². The molecule has 1 heterocycles. The minimum Gasteiger partial charge on any atom is -0.357 e. The molecule has 3 nitrogen and oxygen atoms in total. The lowest BCUT2D eigenvalue weighted by Gasteiger charge is -2.42. The van der Waals surface area contributed by atoms with Gasteiger partial charge in [0, 0.05) is 6.54 Å². The number of hydrogen-bond donors (Lipinski definition) is 1. The first-order chi connectivity index (χ1) is 6.04. The third-order valence-electron chi connectivity index (χ3n) is 2.97. The minimum atomic E-state index is -0.484. The highest BCUT2D eigenvalue weighted by molar-refractivity contribution is 5.86. The summed E-state index contributed by atoms with van der Waals surface area (Å²) in [6.07, 6.45) is 4.01. The van der Waals surface area contributed by atoms with E-state index in [-0.39, 0.29) is 11.5 Å². The van der Waals surface area contributed by atoms with Crippen molar-refractivity contribution in [2.75, 3.05) is 6.54 Å². The molecule has 13 heavy (non-hydrogen) atoms. The first-order valence-electron chi connectivity index (χ1n) is 5.03. The lowest BCUT2D eigenvalue weighted by Crippen LogP contribution is -2.60. The zero-order valence-corrected chi connectivity index (χ0v) is 8.35. The van der Waals surface area contributed by atoms with Crippen molar-refractivity contribution in [2.24, 2.45) is 0 Å². The van der Waals surface area contributed by atoms with Gasteiger partial charge in [0.1, 0.15) is 5.60 Å². The molecule has 1 saturated carbocycles. The number of ether oxygens (including phenoxy) is 1. The van der Waals surface area contributed by atoms with Gasteiger partial charge in [-0.05, 0) is 39.5 Å². The Kier molecular flexibility index (Phi) is 1.88. The van der Waals surface area contributed by atoms with E-state index >= 15 is 0 Å². The summed E-state index contributed by atoms with van der Waals surface area (Å²) in [4.78, 5) is 11.7. The molecule has 0 radical (unpaired) electrons. The van der Waals surface area contributed by atoms with E-state index in [1.807, 2.05) is 13.8 Å². The molecule has 0 unspecified atom stereocenters. The number of carbonyl (C=O) groups is 1. The number of hydrogen-bond acceptors (Lipinski definition) is 2. The molecule has 74 valence electrons. The predicted octanol–water partition coefficient (Wildman–Crippen LogP) is 1.22. The van der Waals surface area contributed by atoms with Crippen LogP contribution in [0.4, 0.5) is 0 Å². The van der Waals surface area contributed by atoms with Gasteiger partial charge in [0.25, 0.3) is 5.91 Å². The van der Waals surface area contributed by atoms with Crippen molar-refractivity contribution in [2.45, 2.75) is 50.7 Å². The molecular weight excluding hydrogens is 166 g/mol. The largest absolute Gasteiger partial charge is 0.357 e. The summed E-state index contributed by atoms with van der Waals surface area (Å²) in [5, 5.41) is 2.94. The summed E-state index contributed by atoms with van der Waals surface area (Å²) in [5.74, 6) is 0.101. The summed E-state index contributed by atoms with van der Waals surface area (Å²) in [6.45, 7) is 4.70. The van der Waals surface area contributed by atoms with Crippen LogP contribution in [0.15, 0.2) is 0 Å². The van der Waals surface area contributed by atoms with Crippen LogP contribution in [-0.4, -0.2) is 23.7 Å². The molecule has 1 N–H and O–H groups in total. The van der Waals surface area contributed by atoms with Crippen LogP contribution in [0, 0.1) is 0 Å². The first kappa shape index (κ1) is 9.00. The zero-order chi connectivity index (χ0) is 9.53. The highest BCUT2D eigenvalue weighted by Crippen LogP contribution is 2.38. The van der Waals surface area contributed by atoms with Gasteiger partial charge in [0.2, 0.25) is 0 Å². The third-order valence-corrected chi connectivity index (χ3v) is 2.97. The maximum Gasteiger partial charge on any atom is 0.252 e. The average molecular weight is 183 g/mol. The van der Waals surface area contributed by atoms with Crippen LogP contribution in [0.25, 0.3) is 0 Å². The topological polar surface area (TPSA) is 38.3 Å². The average Bonchev–Trinajstić information content (AvgIpc) is 2.47. The number of carbonyl (C=O) groups excluding carboxylic acids is 1. The second-order valence-electron chi connectivity index (χ2n) is 4.75. The molecule has 1 aliphatic carbocycles. The molecule has 1 saturated heterocycles. The highest BCUT2D eigenvalue weighted by atomic mass is 16.5. The molecule has 0 aromatic rings. The lowest BCUT2D eigenvalue weighted by molar-refractivity contribution is -0.183. The van der Waals surface area contributed by atoms with Crippen molar-refractivity contribution in [3.63, 3.8) is 0 Å².